The van der Waals surface area contributed by atoms with E-state index in [-0.39, 0.29) is 17.3 Å². The molecule has 0 radical (unpaired) electrons. The van der Waals surface area contributed by atoms with Gasteiger partial charge in [0.25, 0.3) is 0 Å². The maximum atomic E-state index is 13.2. The van der Waals surface area contributed by atoms with E-state index < -0.39 is 0 Å². The third-order valence-corrected chi connectivity index (χ3v) is 4.46. The van der Waals surface area contributed by atoms with Crippen LogP contribution in [-0.2, 0) is 5.41 Å². The van der Waals surface area contributed by atoms with E-state index in [4.69, 9.17) is 16.6 Å². The van der Waals surface area contributed by atoms with E-state index in [1.807, 2.05) is 6.92 Å². The monoisotopic (exact) mass is 326 g/mol. The van der Waals surface area contributed by atoms with Crippen molar-refractivity contribution in [3.05, 3.63) is 50.7 Å². The molecule has 0 saturated carbocycles. The fraction of sp³-hybridized carbons (Fsp3) is 0.438. The summed E-state index contributed by atoms with van der Waals surface area (Å²) in [5, 5.41) is 6.84. The third-order valence-electron chi connectivity index (χ3n) is 3.22. The van der Waals surface area contributed by atoms with Crippen molar-refractivity contribution in [3.63, 3.8) is 0 Å². The predicted octanol–water partition coefficient (Wildman–Crippen LogP) is 4.93. The molecule has 1 N–H and O–H groups in total. The van der Waals surface area contributed by atoms with Gasteiger partial charge in [0.2, 0.25) is 0 Å². The molecule has 0 bridgehead atoms. The van der Waals surface area contributed by atoms with Crippen LogP contribution in [0.4, 0.5) is 4.39 Å². The molecule has 1 atom stereocenters. The van der Waals surface area contributed by atoms with Gasteiger partial charge in [-0.3, -0.25) is 0 Å². The van der Waals surface area contributed by atoms with Gasteiger partial charge in [0.15, 0.2) is 0 Å². The number of rotatable bonds is 4. The summed E-state index contributed by atoms with van der Waals surface area (Å²) in [7, 11) is 0. The Morgan fingerprint density at radius 2 is 2.10 bits per heavy atom. The van der Waals surface area contributed by atoms with Gasteiger partial charge in [-0.25, -0.2) is 9.37 Å². The molecular formula is C16H20ClFN2S. The van der Waals surface area contributed by atoms with Gasteiger partial charge in [-0.1, -0.05) is 45.4 Å². The lowest BCUT2D eigenvalue weighted by Gasteiger charge is -2.18. The zero-order valence-corrected chi connectivity index (χ0v) is 14.3. The Kier molecular flexibility index (Phi) is 5.02. The van der Waals surface area contributed by atoms with Crippen LogP contribution in [0.2, 0.25) is 5.02 Å². The Labute approximate surface area is 134 Å². The van der Waals surface area contributed by atoms with Gasteiger partial charge in [0.05, 0.1) is 11.7 Å². The summed E-state index contributed by atoms with van der Waals surface area (Å²) in [5.74, 6) is -0.325. The van der Waals surface area contributed by atoms with Crippen molar-refractivity contribution in [3.8, 4) is 0 Å². The maximum absolute atomic E-state index is 13.2. The van der Waals surface area contributed by atoms with Crippen molar-refractivity contribution in [2.24, 2.45) is 0 Å². The minimum Gasteiger partial charge on any atom is -0.304 e. The summed E-state index contributed by atoms with van der Waals surface area (Å²) in [6.45, 7) is 9.22. The first kappa shape index (κ1) is 16.4. The van der Waals surface area contributed by atoms with Gasteiger partial charge in [-0.05, 0) is 24.2 Å². The van der Waals surface area contributed by atoms with E-state index in [0.29, 0.717) is 5.02 Å². The number of nitrogens with one attached hydrogen (secondary N) is 1. The Bertz CT molecular complexity index is 619. The molecule has 1 heterocycles. The van der Waals surface area contributed by atoms with Gasteiger partial charge in [-0.2, -0.15) is 0 Å². The van der Waals surface area contributed by atoms with Crippen molar-refractivity contribution in [2.75, 3.05) is 6.54 Å². The Hall–Kier alpha value is -0.970. The molecule has 2 rings (SSSR count). The van der Waals surface area contributed by atoms with Crippen molar-refractivity contribution >= 4 is 22.9 Å². The Balaban J connectivity index is 2.41. The first-order valence-electron chi connectivity index (χ1n) is 6.97. The van der Waals surface area contributed by atoms with Crippen LogP contribution in [-0.4, -0.2) is 11.5 Å². The number of hydrogen-bond donors (Lipinski definition) is 1. The largest absolute Gasteiger partial charge is 0.304 e. The minimum absolute atomic E-state index is 0.0120. The van der Waals surface area contributed by atoms with E-state index in [9.17, 15) is 4.39 Å². The zero-order valence-electron chi connectivity index (χ0n) is 12.7. The van der Waals surface area contributed by atoms with E-state index in [1.54, 1.807) is 17.4 Å². The van der Waals surface area contributed by atoms with Crippen LogP contribution < -0.4 is 5.32 Å². The SMILES string of the molecule is CCNC(c1nc(C(C)(C)C)cs1)c1ccc(F)cc1Cl. The second-order valence-electron chi connectivity index (χ2n) is 5.98. The molecule has 21 heavy (non-hydrogen) atoms. The standard InChI is InChI=1S/C16H20ClFN2S/c1-5-19-14(11-7-6-10(18)8-12(11)17)15-20-13(9-21-15)16(2,3)4/h6-9,14,19H,5H2,1-4H3. The van der Waals surface area contributed by atoms with Gasteiger partial charge in [0.1, 0.15) is 10.8 Å². The first-order valence-corrected chi connectivity index (χ1v) is 8.23. The van der Waals surface area contributed by atoms with E-state index in [1.165, 1.54) is 12.1 Å². The molecule has 1 unspecified atom stereocenters. The molecule has 114 valence electrons. The number of thiazole rings is 1. The molecule has 0 amide bonds. The molecule has 2 aromatic rings. The minimum atomic E-state index is -0.325. The molecular weight excluding hydrogens is 307 g/mol. The van der Waals surface area contributed by atoms with Crippen molar-refractivity contribution < 1.29 is 4.39 Å². The van der Waals surface area contributed by atoms with Crippen molar-refractivity contribution in [1.82, 2.24) is 10.3 Å². The molecule has 0 fully saturated rings. The van der Waals surface area contributed by atoms with Crippen molar-refractivity contribution in [2.45, 2.75) is 39.2 Å². The number of halogens is 2. The van der Waals surface area contributed by atoms with Gasteiger partial charge in [0, 0.05) is 15.8 Å². The fourth-order valence-corrected chi connectivity index (χ4v) is 3.45. The summed E-state index contributed by atoms with van der Waals surface area (Å²) < 4.78 is 13.2. The summed E-state index contributed by atoms with van der Waals surface area (Å²) in [6, 6.07) is 4.40. The third kappa shape index (κ3) is 3.82. The van der Waals surface area contributed by atoms with Gasteiger partial charge < -0.3 is 5.32 Å². The molecule has 2 nitrogen and oxygen atoms in total. The quantitative estimate of drug-likeness (QED) is 0.861. The average Bonchev–Trinajstić information content (AvgIpc) is 2.86. The van der Waals surface area contributed by atoms with Crippen LogP contribution in [0.1, 0.15) is 50.0 Å². The highest BCUT2D eigenvalue weighted by Gasteiger charge is 2.23. The molecule has 0 saturated heterocycles. The van der Waals surface area contributed by atoms with E-state index in [2.05, 4.69) is 31.5 Å². The van der Waals surface area contributed by atoms with Crippen LogP contribution in [0.5, 0.6) is 0 Å². The lowest BCUT2D eigenvalue weighted by molar-refractivity contribution is 0.562. The Morgan fingerprint density at radius 1 is 1.38 bits per heavy atom. The van der Waals surface area contributed by atoms with Gasteiger partial charge >= 0.3 is 0 Å². The van der Waals surface area contributed by atoms with Crippen LogP contribution in [0.3, 0.4) is 0 Å². The molecule has 5 heteroatoms. The normalized spacial score (nSPS) is 13.4. The van der Waals surface area contributed by atoms with Gasteiger partial charge in [-0.15, -0.1) is 11.3 Å². The first-order chi connectivity index (χ1) is 9.82. The smallest absolute Gasteiger partial charge is 0.124 e. The molecule has 0 spiro atoms. The lowest BCUT2D eigenvalue weighted by atomic mass is 9.93. The van der Waals surface area contributed by atoms with Crippen LogP contribution >= 0.6 is 22.9 Å². The fourth-order valence-electron chi connectivity index (χ4n) is 2.03. The van der Waals surface area contributed by atoms with Crippen LogP contribution in [0.25, 0.3) is 0 Å². The molecule has 0 aliphatic rings. The highest BCUT2D eigenvalue weighted by molar-refractivity contribution is 7.09. The number of nitrogens with zero attached hydrogens (tertiary/aromatic N) is 1. The molecule has 1 aromatic heterocycles. The van der Waals surface area contributed by atoms with E-state index >= 15 is 0 Å². The number of hydrogen-bond acceptors (Lipinski definition) is 3. The van der Waals surface area contributed by atoms with Crippen molar-refractivity contribution in [1.29, 1.82) is 0 Å². The zero-order chi connectivity index (χ0) is 15.6. The summed E-state index contributed by atoms with van der Waals surface area (Å²) in [6.07, 6.45) is 0. The van der Waals surface area contributed by atoms with E-state index in [0.717, 1.165) is 22.8 Å². The molecule has 0 aliphatic heterocycles. The summed E-state index contributed by atoms with van der Waals surface area (Å²) in [5.41, 5.74) is 1.93. The highest BCUT2D eigenvalue weighted by Crippen LogP contribution is 2.33. The van der Waals surface area contributed by atoms with Crippen LogP contribution in [0.15, 0.2) is 23.6 Å². The number of benzene rings is 1. The maximum Gasteiger partial charge on any atom is 0.124 e. The van der Waals surface area contributed by atoms with Crippen LogP contribution in [0, 0.1) is 5.82 Å². The number of aromatic nitrogens is 1. The Morgan fingerprint density at radius 3 is 2.62 bits per heavy atom. The molecule has 0 aliphatic carbocycles. The highest BCUT2D eigenvalue weighted by atomic mass is 35.5. The average molecular weight is 327 g/mol. The topological polar surface area (TPSA) is 24.9 Å². The second-order valence-corrected chi connectivity index (χ2v) is 7.27. The summed E-state index contributed by atoms with van der Waals surface area (Å²) >= 11 is 7.81. The molecule has 1 aromatic carbocycles. The lowest BCUT2D eigenvalue weighted by Crippen LogP contribution is -2.23. The second kappa shape index (κ2) is 6.42. The predicted molar refractivity (Wildman–Crippen MR) is 87.7 cm³/mol. The summed E-state index contributed by atoms with van der Waals surface area (Å²) in [4.78, 5) is 4.74.